The molecule has 4 aromatic carbocycles. The number of carbonyl (C=O) groups excluding carboxylic acids is 2. The van der Waals surface area contributed by atoms with E-state index in [0.717, 1.165) is 35.7 Å². The molecule has 0 bridgehead atoms. The standard InChI is InChI=1S/C49H68N6O9/c1-7-9-10-11-12-13-14-15-16-17-18-19-20-25-48(57)51-45-34-46(40-23-21-22-24-41(40)49(45)64-35-63-37(4)60-5)62-31-30-54(8-2)38-26-28-42(44(32-38)50-36(3)56)52-53-43-29-27-39(55(58)59)33-47(43)61-6/h21-24,26-29,32-34,37H,7-20,25,30-31,35H2,1-6H3,(H,50,56)(H,51,57). The average Bonchev–Trinajstić information content (AvgIpc) is 3.29. The van der Waals surface area contributed by atoms with Crippen molar-refractivity contribution in [3.63, 3.8) is 0 Å². The number of fused-ring (bicyclic) bond motifs is 1. The Morgan fingerprint density at radius 3 is 2.02 bits per heavy atom. The molecule has 0 aliphatic heterocycles. The van der Waals surface area contributed by atoms with Gasteiger partial charge in [0.25, 0.3) is 5.69 Å². The van der Waals surface area contributed by atoms with Gasteiger partial charge in [-0.05, 0) is 44.5 Å². The highest BCUT2D eigenvalue weighted by atomic mass is 16.7. The number of rotatable bonds is 31. The quantitative estimate of drug-likeness (QED) is 0.0163. The number of nitro groups is 1. The fraction of sp³-hybridized carbons (Fsp3) is 0.510. The van der Waals surface area contributed by atoms with Gasteiger partial charge in [-0.2, -0.15) is 0 Å². The summed E-state index contributed by atoms with van der Waals surface area (Å²) in [6, 6.07) is 19.0. The molecule has 15 nitrogen and oxygen atoms in total. The smallest absolute Gasteiger partial charge is 0.273 e. The fourth-order valence-electron chi connectivity index (χ4n) is 7.26. The van der Waals surface area contributed by atoms with Crippen LogP contribution in [0.15, 0.2) is 77.0 Å². The first kappa shape index (κ1) is 50.8. The van der Waals surface area contributed by atoms with E-state index in [0.29, 0.717) is 48.1 Å². The van der Waals surface area contributed by atoms with Crippen LogP contribution in [0.3, 0.4) is 0 Å². The Hall–Kier alpha value is -5.80. The number of nitrogens with one attached hydrogen (secondary N) is 2. The molecule has 0 saturated heterocycles. The van der Waals surface area contributed by atoms with Crippen LogP contribution in [0, 0.1) is 10.1 Å². The largest absolute Gasteiger partial charge is 0.494 e. The molecule has 348 valence electrons. The van der Waals surface area contributed by atoms with Crippen molar-refractivity contribution in [1.29, 1.82) is 0 Å². The minimum Gasteiger partial charge on any atom is -0.494 e. The van der Waals surface area contributed by atoms with Crippen LogP contribution in [-0.2, 0) is 19.1 Å². The predicted molar refractivity (Wildman–Crippen MR) is 254 cm³/mol. The summed E-state index contributed by atoms with van der Waals surface area (Å²) < 4.78 is 28.9. The van der Waals surface area contributed by atoms with Crippen LogP contribution in [-0.4, -0.2) is 63.7 Å². The number of likely N-dealkylation sites (N-methyl/N-ethyl adjacent to an activating group) is 1. The topological polar surface area (TPSA) is 175 Å². The zero-order valence-electron chi connectivity index (χ0n) is 38.6. The van der Waals surface area contributed by atoms with E-state index in [9.17, 15) is 19.7 Å². The van der Waals surface area contributed by atoms with Crippen LogP contribution in [0.2, 0.25) is 0 Å². The molecule has 1 unspecified atom stereocenters. The predicted octanol–water partition coefficient (Wildman–Crippen LogP) is 12.8. The van der Waals surface area contributed by atoms with Gasteiger partial charge in [0.15, 0.2) is 24.6 Å². The molecule has 0 radical (unpaired) electrons. The maximum atomic E-state index is 13.4. The third-order valence-corrected chi connectivity index (χ3v) is 10.9. The van der Waals surface area contributed by atoms with Crippen LogP contribution < -0.4 is 29.7 Å². The summed E-state index contributed by atoms with van der Waals surface area (Å²) in [7, 11) is 2.95. The van der Waals surface area contributed by atoms with Gasteiger partial charge in [0.05, 0.1) is 36.0 Å². The van der Waals surface area contributed by atoms with Crippen molar-refractivity contribution >= 4 is 56.7 Å². The van der Waals surface area contributed by atoms with Crippen molar-refractivity contribution in [2.24, 2.45) is 10.2 Å². The third-order valence-electron chi connectivity index (χ3n) is 10.9. The molecule has 4 rings (SSSR count). The summed E-state index contributed by atoms with van der Waals surface area (Å²) in [5, 5.41) is 27.4. The normalized spacial score (nSPS) is 11.7. The van der Waals surface area contributed by atoms with Crippen molar-refractivity contribution in [2.75, 3.05) is 56.2 Å². The van der Waals surface area contributed by atoms with Gasteiger partial charge < -0.3 is 39.2 Å². The summed E-state index contributed by atoms with van der Waals surface area (Å²) in [5.41, 5.74) is 2.26. The number of ether oxygens (including phenoxy) is 5. The van der Waals surface area contributed by atoms with Crippen molar-refractivity contribution in [3.05, 3.63) is 76.8 Å². The van der Waals surface area contributed by atoms with Crippen molar-refractivity contribution in [2.45, 2.75) is 124 Å². The van der Waals surface area contributed by atoms with E-state index in [1.165, 1.54) is 96.4 Å². The summed E-state index contributed by atoms with van der Waals surface area (Å²) in [6.07, 6.45) is 16.0. The SMILES string of the molecule is CCCCCCCCCCCCCCCC(=O)Nc1cc(OCCN(CC)c2ccc(N=Nc3ccc([N+](=O)[O-])cc3OC)c(NC(C)=O)c2)c2ccccc2c1OCOC(C)OC. The highest BCUT2D eigenvalue weighted by Crippen LogP contribution is 2.41. The Labute approximate surface area is 378 Å². The second-order valence-corrected chi connectivity index (χ2v) is 15.7. The van der Waals surface area contributed by atoms with Crippen molar-refractivity contribution in [3.8, 4) is 17.2 Å². The van der Waals surface area contributed by atoms with Gasteiger partial charge in [-0.25, -0.2) is 0 Å². The Morgan fingerprint density at radius 2 is 1.39 bits per heavy atom. The van der Waals surface area contributed by atoms with Gasteiger partial charge in [0.1, 0.15) is 23.7 Å². The lowest BCUT2D eigenvalue weighted by molar-refractivity contribution is -0.384. The molecular weight excluding hydrogens is 817 g/mol. The van der Waals surface area contributed by atoms with Crippen molar-refractivity contribution < 1.29 is 38.2 Å². The highest BCUT2D eigenvalue weighted by molar-refractivity contribution is 6.02. The third kappa shape index (κ3) is 16.7. The molecule has 0 saturated carbocycles. The molecule has 15 heteroatoms. The number of hydrogen-bond acceptors (Lipinski definition) is 12. The Bertz CT molecular complexity index is 2110. The number of unbranched alkanes of at least 4 members (excludes halogenated alkanes) is 12. The van der Waals surface area contributed by atoms with E-state index in [-0.39, 0.29) is 42.3 Å². The Balaban J connectivity index is 1.44. The van der Waals surface area contributed by atoms with E-state index in [2.05, 4.69) is 32.7 Å². The number of anilines is 3. The number of amides is 2. The van der Waals surface area contributed by atoms with Crippen LogP contribution in [0.25, 0.3) is 10.8 Å². The zero-order valence-corrected chi connectivity index (χ0v) is 38.6. The number of benzene rings is 4. The number of nitrogens with zero attached hydrogens (tertiary/aromatic N) is 4. The molecule has 0 spiro atoms. The van der Waals surface area contributed by atoms with E-state index in [4.69, 9.17) is 23.7 Å². The molecule has 0 aromatic heterocycles. The molecule has 0 fully saturated rings. The number of non-ortho nitro benzene ring substituents is 1. The monoisotopic (exact) mass is 885 g/mol. The molecule has 4 aromatic rings. The van der Waals surface area contributed by atoms with Gasteiger partial charge >= 0.3 is 0 Å². The number of hydrogen-bond donors (Lipinski definition) is 2. The first-order chi connectivity index (χ1) is 31.1. The van der Waals surface area contributed by atoms with Gasteiger partial charge in [0, 0.05) is 55.6 Å². The van der Waals surface area contributed by atoms with Crippen LogP contribution >= 0.6 is 0 Å². The van der Waals surface area contributed by atoms with Crippen molar-refractivity contribution in [1.82, 2.24) is 0 Å². The number of nitro benzene ring substituents is 1. The molecule has 0 aliphatic rings. The molecule has 64 heavy (non-hydrogen) atoms. The minimum atomic E-state index is -0.517. The molecule has 2 amide bonds. The number of carbonyl (C=O) groups is 2. The highest BCUT2D eigenvalue weighted by Gasteiger charge is 2.19. The lowest BCUT2D eigenvalue weighted by Gasteiger charge is -2.25. The first-order valence-corrected chi connectivity index (χ1v) is 22.7. The lowest BCUT2D eigenvalue weighted by atomic mass is 10.0. The molecule has 0 aliphatic carbocycles. The van der Waals surface area contributed by atoms with E-state index < -0.39 is 11.2 Å². The minimum absolute atomic E-state index is 0.0851. The Morgan fingerprint density at radius 1 is 0.750 bits per heavy atom. The molecule has 2 N–H and O–H groups in total. The van der Waals surface area contributed by atoms with E-state index in [1.807, 2.05) is 49.4 Å². The summed E-state index contributed by atoms with van der Waals surface area (Å²) in [5.74, 6) is 0.863. The van der Waals surface area contributed by atoms with Gasteiger partial charge in [0.2, 0.25) is 11.8 Å². The van der Waals surface area contributed by atoms with Crippen LogP contribution in [0.4, 0.5) is 34.1 Å². The maximum absolute atomic E-state index is 13.4. The zero-order chi connectivity index (χ0) is 46.1. The number of azo groups is 1. The number of methoxy groups -OCH3 is 2. The van der Waals surface area contributed by atoms with Crippen LogP contribution in [0.1, 0.15) is 118 Å². The molecular formula is C49H68N6O9. The van der Waals surface area contributed by atoms with E-state index >= 15 is 0 Å². The second-order valence-electron chi connectivity index (χ2n) is 15.7. The summed E-state index contributed by atoms with van der Waals surface area (Å²) in [4.78, 5) is 38.5. The summed E-state index contributed by atoms with van der Waals surface area (Å²) in [6.45, 7) is 8.76. The molecule has 1 atom stereocenters. The maximum Gasteiger partial charge on any atom is 0.273 e. The van der Waals surface area contributed by atoms with Gasteiger partial charge in [-0.3, -0.25) is 19.7 Å². The average molecular weight is 885 g/mol. The van der Waals surface area contributed by atoms with E-state index in [1.54, 1.807) is 20.1 Å². The first-order valence-electron chi connectivity index (χ1n) is 22.7. The summed E-state index contributed by atoms with van der Waals surface area (Å²) >= 11 is 0. The van der Waals surface area contributed by atoms with Crippen LogP contribution in [0.5, 0.6) is 17.2 Å². The fourth-order valence-corrected chi connectivity index (χ4v) is 7.26. The Kier molecular flexibility index (Phi) is 22.3. The van der Waals surface area contributed by atoms with Gasteiger partial charge in [-0.15, -0.1) is 10.2 Å². The van der Waals surface area contributed by atoms with Gasteiger partial charge in [-0.1, -0.05) is 108 Å². The molecule has 0 heterocycles. The lowest BCUT2D eigenvalue weighted by Crippen LogP contribution is -2.28. The second kappa shape index (κ2) is 28.1.